The fraction of sp³-hybridized carbons (Fsp3) is 0.217. The number of aromatic nitrogens is 1. The average molecular weight is 490 g/mol. The minimum absolute atomic E-state index is 0.174. The van der Waals surface area contributed by atoms with Gasteiger partial charge in [-0.05, 0) is 48.9 Å². The summed E-state index contributed by atoms with van der Waals surface area (Å²) in [6, 6.07) is 11.8. The number of halogens is 3. The fourth-order valence-corrected chi connectivity index (χ4v) is 3.50. The van der Waals surface area contributed by atoms with Gasteiger partial charge in [-0.25, -0.2) is 8.78 Å². The number of nitrogens with one attached hydrogen (secondary N) is 1. The summed E-state index contributed by atoms with van der Waals surface area (Å²) in [6.07, 6.45) is 4.02. The van der Waals surface area contributed by atoms with Crippen LogP contribution in [0.5, 0.6) is 5.75 Å². The Balaban J connectivity index is 1.73. The van der Waals surface area contributed by atoms with E-state index >= 15 is 0 Å². The van der Waals surface area contributed by atoms with Crippen molar-refractivity contribution >= 4 is 33.2 Å². The van der Waals surface area contributed by atoms with Gasteiger partial charge in [-0.3, -0.25) is 9.78 Å². The van der Waals surface area contributed by atoms with E-state index in [9.17, 15) is 13.6 Å². The van der Waals surface area contributed by atoms with Crippen molar-refractivity contribution in [1.82, 2.24) is 4.98 Å². The second-order valence-electron chi connectivity index (χ2n) is 6.77. The van der Waals surface area contributed by atoms with Crippen molar-refractivity contribution < 1.29 is 18.3 Å². The molecule has 1 amide bonds. The van der Waals surface area contributed by atoms with Gasteiger partial charge in [0.1, 0.15) is 24.0 Å². The molecule has 1 heterocycles. The van der Waals surface area contributed by atoms with Crippen molar-refractivity contribution in [2.45, 2.75) is 13.3 Å². The Kier molecular flexibility index (Phi) is 7.94. The highest BCUT2D eigenvalue weighted by atomic mass is 79.9. The first-order chi connectivity index (χ1) is 15.0. The molecule has 1 aromatic heterocycles. The smallest absolute Gasteiger partial charge is 0.258 e. The average Bonchev–Trinajstić information content (AvgIpc) is 2.74. The van der Waals surface area contributed by atoms with Crippen molar-refractivity contribution in [1.29, 1.82) is 0 Å². The van der Waals surface area contributed by atoms with Crippen molar-refractivity contribution in [2.75, 3.05) is 29.9 Å². The van der Waals surface area contributed by atoms with E-state index in [0.717, 1.165) is 23.9 Å². The molecule has 162 valence electrons. The molecule has 2 aromatic carbocycles. The molecule has 0 saturated carbocycles. The van der Waals surface area contributed by atoms with Gasteiger partial charge in [-0.2, -0.15) is 0 Å². The number of carbonyl (C=O) groups excluding carboxylic acids is 1. The molecule has 8 heteroatoms. The quantitative estimate of drug-likeness (QED) is 0.393. The molecule has 0 aliphatic rings. The molecule has 0 saturated heterocycles. The molecule has 0 aliphatic carbocycles. The van der Waals surface area contributed by atoms with E-state index < -0.39 is 11.6 Å². The summed E-state index contributed by atoms with van der Waals surface area (Å²) >= 11 is 3.40. The Bertz CT molecular complexity index is 1010. The molecule has 0 atom stereocenters. The standard InChI is InChI=1S/C23H22BrF2N3O2/c1-2-8-29(21-14-18(25)13-19(26)15-21)23(30)16-10-17(24)12-22(11-16)31-9-7-28-20-3-5-27-6-4-20/h3-6,10-15H,2,7-9H2,1H3,(H,27,28). The summed E-state index contributed by atoms with van der Waals surface area (Å²) in [5.41, 5.74) is 1.46. The third-order valence-electron chi connectivity index (χ3n) is 4.35. The number of ether oxygens (including phenoxy) is 1. The Morgan fingerprint density at radius 3 is 2.48 bits per heavy atom. The fourth-order valence-electron chi connectivity index (χ4n) is 3.03. The van der Waals surface area contributed by atoms with Crippen LogP contribution in [0, 0.1) is 11.6 Å². The number of anilines is 2. The SMILES string of the molecule is CCCN(C(=O)c1cc(Br)cc(OCCNc2ccncc2)c1)c1cc(F)cc(F)c1. The van der Waals surface area contributed by atoms with Gasteiger partial charge < -0.3 is 15.0 Å². The maximum atomic E-state index is 13.7. The number of benzene rings is 2. The normalized spacial score (nSPS) is 10.6. The Morgan fingerprint density at radius 1 is 1.10 bits per heavy atom. The number of pyridine rings is 1. The Labute approximate surface area is 188 Å². The molecule has 0 radical (unpaired) electrons. The molecular weight excluding hydrogens is 468 g/mol. The molecule has 5 nitrogen and oxygen atoms in total. The van der Waals surface area contributed by atoms with Crippen LogP contribution in [0.25, 0.3) is 0 Å². The molecule has 0 spiro atoms. The van der Waals surface area contributed by atoms with Gasteiger partial charge in [0.25, 0.3) is 5.91 Å². The maximum Gasteiger partial charge on any atom is 0.258 e. The summed E-state index contributed by atoms with van der Waals surface area (Å²) in [4.78, 5) is 18.5. The van der Waals surface area contributed by atoms with E-state index in [-0.39, 0.29) is 11.6 Å². The summed E-state index contributed by atoms with van der Waals surface area (Å²) in [5.74, 6) is -1.32. The second-order valence-corrected chi connectivity index (χ2v) is 7.69. The lowest BCUT2D eigenvalue weighted by Crippen LogP contribution is -2.32. The van der Waals surface area contributed by atoms with Gasteiger partial charge in [0.05, 0.1) is 0 Å². The lowest BCUT2D eigenvalue weighted by Gasteiger charge is -2.23. The second kappa shape index (κ2) is 10.9. The van der Waals surface area contributed by atoms with Crippen LogP contribution in [-0.2, 0) is 0 Å². The zero-order valence-electron chi connectivity index (χ0n) is 16.9. The Hall–Kier alpha value is -3.00. The van der Waals surface area contributed by atoms with Crippen molar-refractivity contribution in [3.05, 3.63) is 82.6 Å². The zero-order valence-corrected chi connectivity index (χ0v) is 18.5. The Morgan fingerprint density at radius 2 is 1.81 bits per heavy atom. The van der Waals surface area contributed by atoms with Gasteiger partial charge in [0.2, 0.25) is 0 Å². The van der Waals surface area contributed by atoms with Crippen LogP contribution < -0.4 is 15.0 Å². The molecule has 3 rings (SSSR count). The lowest BCUT2D eigenvalue weighted by atomic mass is 10.1. The van der Waals surface area contributed by atoms with E-state index in [0.29, 0.717) is 41.9 Å². The predicted octanol–water partition coefficient (Wildman–Crippen LogP) is 5.67. The molecule has 3 aromatic rings. The summed E-state index contributed by atoms with van der Waals surface area (Å²) in [7, 11) is 0. The van der Waals surface area contributed by atoms with Crippen molar-refractivity contribution in [2.24, 2.45) is 0 Å². The predicted molar refractivity (Wildman–Crippen MR) is 121 cm³/mol. The van der Waals surface area contributed by atoms with Crippen LogP contribution in [0.4, 0.5) is 20.2 Å². The molecule has 0 fully saturated rings. The van der Waals surface area contributed by atoms with Crippen LogP contribution in [-0.4, -0.2) is 30.6 Å². The third-order valence-corrected chi connectivity index (χ3v) is 4.81. The molecule has 0 unspecified atom stereocenters. The molecule has 0 aliphatic heterocycles. The number of rotatable bonds is 9. The van der Waals surface area contributed by atoms with Gasteiger partial charge in [-0.15, -0.1) is 0 Å². The zero-order chi connectivity index (χ0) is 22.2. The van der Waals surface area contributed by atoms with E-state index in [2.05, 4.69) is 26.2 Å². The van der Waals surface area contributed by atoms with Crippen LogP contribution in [0.2, 0.25) is 0 Å². The molecular formula is C23H22BrF2N3O2. The van der Waals surface area contributed by atoms with E-state index in [1.807, 2.05) is 19.1 Å². The number of amides is 1. The highest BCUT2D eigenvalue weighted by molar-refractivity contribution is 9.10. The van der Waals surface area contributed by atoms with Gasteiger partial charge >= 0.3 is 0 Å². The summed E-state index contributed by atoms with van der Waals surface area (Å²) < 4.78 is 33.9. The molecule has 0 bridgehead atoms. The highest BCUT2D eigenvalue weighted by Crippen LogP contribution is 2.26. The van der Waals surface area contributed by atoms with E-state index in [4.69, 9.17) is 4.74 Å². The van der Waals surface area contributed by atoms with Crippen LogP contribution in [0.1, 0.15) is 23.7 Å². The first-order valence-electron chi connectivity index (χ1n) is 9.81. The van der Waals surface area contributed by atoms with E-state index in [1.54, 1.807) is 30.6 Å². The number of carbonyl (C=O) groups is 1. The maximum absolute atomic E-state index is 13.7. The minimum atomic E-state index is -0.733. The first-order valence-corrected chi connectivity index (χ1v) is 10.6. The lowest BCUT2D eigenvalue weighted by molar-refractivity contribution is 0.0986. The van der Waals surface area contributed by atoms with Crippen LogP contribution in [0.15, 0.2) is 65.4 Å². The number of nitrogens with zero attached hydrogens (tertiary/aromatic N) is 2. The number of hydrogen-bond acceptors (Lipinski definition) is 4. The molecule has 31 heavy (non-hydrogen) atoms. The molecule has 1 N–H and O–H groups in total. The monoisotopic (exact) mass is 489 g/mol. The largest absolute Gasteiger partial charge is 0.492 e. The van der Waals surface area contributed by atoms with Crippen molar-refractivity contribution in [3.8, 4) is 5.75 Å². The van der Waals surface area contributed by atoms with E-state index in [1.165, 1.54) is 4.90 Å². The van der Waals surface area contributed by atoms with Crippen LogP contribution in [0.3, 0.4) is 0 Å². The highest BCUT2D eigenvalue weighted by Gasteiger charge is 2.20. The third kappa shape index (κ3) is 6.49. The van der Waals surface area contributed by atoms with Crippen LogP contribution >= 0.6 is 15.9 Å². The van der Waals surface area contributed by atoms with Gasteiger partial charge in [0, 0.05) is 53.0 Å². The van der Waals surface area contributed by atoms with Gasteiger partial charge in [-0.1, -0.05) is 22.9 Å². The van der Waals surface area contributed by atoms with Crippen molar-refractivity contribution in [3.63, 3.8) is 0 Å². The topological polar surface area (TPSA) is 54.5 Å². The summed E-state index contributed by atoms with van der Waals surface area (Å²) in [6.45, 7) is 3.14. The minimum Gasteiger partial charge on any atom is -0.492 e. The first kappa shape index (κ1) is 22.7. The summed E-state index contributed by atoms with van der Waals surface area (Å²) in [5, 5.41) is 3.21. The number of hydrogen-bond donors (Lipinski definition) is 1. The van der Waals surface area contributed by atoms with Gasteiger partial charge in [0.15, 0.2) is 0 Å².